The van der Waals surface area contributed by atoms with Crippen LogP contribution in [-0.4, -0.2) is 39.1 Å². The fraction of sp³-hybridized carbons (Fsp3) is 0.125. The van der Waals surface area contributed by atoms with Crippen molar-refractivity contribution in [2.24, 2.45) is 5.14 Å². The lowest BCUT2D eigenvalue weighted by Crippen LogP contribution is -2.40. The van der Waals surface area contributed by atoms with Gasteiger partial charge in [0.15, 0.2) is 12.4 Å². The Hall–Kier alpha value is -3.51. The number of nitro groups is 1. The lowest BCUT2D eigenvalue weighted by atomic mass is 10.3. The number of carbonyl (C=O) groups excluding carboxylic acids is 2. The van der Waals surface area contributed by atoms with Crippen LogP contribution in [0.3, 0.4) is 0 Å². The predicted octanol–water partition coefficient (Wildman–Crippen LogP) is 1.42. The second kappa shape index (κ2) is 8.45. The highest BCUT2D eigenvalue weighted by Crippen LogP contribution is 2.26. The largest absolute Gasteiger partial charge is 0.477 e. The van der Waals surface area contributed by atoms with Crippen molar-refractivity contribution in [1.29, 1.82) is 0 Å². The highest BCUT2D eigenvalue weighted by Gasteiger charge is 2.26. The molecule has 2 aromatic carbocycles. The number of amides is 2. The number of nitrogens with two attached hydrogens (primary N) is 1. The highest BCUT2D eigenvalue weighted by molar-refractivity contribution is 7.89. The number of carbonyl (C=O) groups is 2. The summed E-state index contributed by atoms with van der Waals surface area (Å²) in [6.45, 7) is -0.711. The van der Waals surface area contributed by atoms with Gasteiger partial charge < -0.3 is 9.47 Å². The minimum Gasteiger partial charge on any atom is -0.477 e. The lowest BCUT2D eigenvalue weighted by molar-refractivity contribution is -0.385. The summed E-state index contributed by atoms with van der Waals surface area (Å²) in [5, 5.41) is 16.0. The number of hydrogen-bond donors (Lipinski definition) is 1. The van der Waals surface area contributed by atoms with E-state index in [4.69, 9.17) is 9.88 Å². The number of nitrogens with zero attached hydrogens (tertiary/aromatic N) is 2. The van der Waals surface area contributed by atoms with E-state index in [-0.39, 0.29) is 22.0 Å². The molecule has 0 saturated carbocycles. The quantitative estimate of drug-likeness (QED) is 0.554. The Morgan fingerprint density at radius 2 is 1.75 bits per heavy atom. The van der Waals surface area contributed by atoms with Gasteiger partial charge in [0.05, 0.1) is 22.6 Å². The Morgan fingerprint density at radius 1 is 1.14 bits per heavy atom. The number of ether oxygens (including phenoxy) is 2. The standard InChI is InChI=1S/C16H15N3O8S/c1-26-16(21)18(11-6-8-12(9-7-11)28(17,24)25)15(20)10-27-14-5-3-2-4-13(14)19(22)23/h2-9H,10H2,1H3,(H2,17,24,25). The van der Waals surface area contributed by atoms with Crippen LogP contribution in [0, 0.1) is 10.1 Å². The fourth-order valence-electron chi connectivity index (χ4n) is 2.16. The second-order valence-corrected chi connectivity index (χ2v) is 6.81. The SMILES string of the molecule is COC(=O)N(C(=O)COc1ccccc1[N+](=O)[O-])c1ccc(S(N)(=O)=O)cc1. The summed E-state index contributed by atoms with van der Waals surface area (Å²) in [7, 11) is -2.91. The van der Waals surface area contributed by atoms with Gasteiger partial charge in [0.2, 0.25) is 10.0 Å². The van der Waals surface area contributed by atoms with Crippen LogP contribution in [0.5, 0.6) is 5.75 Å². The van der Waals surface area contributed by atoms with Crippen molar-refractivity contribution in [3.8, 4) is 5.75 Å². The summed E-state index contributed by atoms with van der Waals surface area (Å²) in [4.78, 5) is 35.2. The predicted molar refractivity (Wildman–Crippen MR) is 96.3 cm³/mol. The Labute approximate surface area is 159 Å². The van der Waals surface area contributed by atoms with E-state index in [2.05, 4.69) is 4.74 Å². The molecule has 0 fully saturated rings. The molecule has 0 saturated heterocycles. The molecule has 0 bridgehead atoms. The van der Waals surface area contributed by atoms with E-state index < -0.39 is 33.6 Å². The van der Waals surface area contributed by atoms with Crippen LogP contribution in [-0.2, 0) is 19.6 Å². The average Bonchev–Trinajstić information content (AvgIpc) is 2.66. The molecule has 0 aliphatic heterocycles. The smallest absolute Gasteiger partial charge is 0.421 e. The maximum Gasteiger partial charge on any atom is 0.421 e. The first-order valence-electron chi connectivity index (χ1n) is 7.55. The first-order chi connectivity index (χ1) is 13.1. The van der Waals surface area contributed by atoms with E-state index in [1.165, 1.54) is 36.4 Å². The number of anilines is 1. The van der Waals surface area contributed by atoms with Crippen LogP contribution in [0.2, 0.25) is 0 Å². The zero-order valence-corrected chi connectivity index (χ0v) is 15.3. The van der Waals surface area contributed by atoms with Gasteiger partial charge in [-0.25, -0.2) is 23.3 Å². The number of benzene rings is 2. The van der Waals surface area contributed by atoms with Gasteiger partial charge in [-0.05, 0) is 30.3 Å². The molecule has 0 spiro atoms. The van der Waals surface area contributed by atoms with Gasteiger partial charge in [-0.3, -0.25) is 14.9 Å². The molecule has 2 rings (SSSR count). The molecular formula is C16H15N3O8S. The number of nitro benzene ring substituents is 1. The van der Waals surface area contributed by atoms with Crippen LogP contribution in [0.15, 0.2) is 53.4 Å². The molecule has 2 N–H and O–H groups in total. The number of hydrogen-bond acceptors (Lipinski definition) is 8. The summed E-state index contributed by atoms with van der Waals surface area (Å²) < 4.78 is 32.4. The molecule has 0 aliphatic rings. The molecule has 0 atom stereocenters. The van der Waals surface area contributed by atoms with Gasteiger partial charge in [0.25, 0.3) is 5.91 Å². The van der Waals surface area contributed by atoms with Crippen molar-refractivity contribution in [1.82, 2.24) is 0 Å². The summed E-state index contributed by atoms with van der Waals surface area (Å²) in [6.07, 6.45) is -1.06. The zero-order chi connectivity index (χ0) is 20.9. The van der Waals surface area contributed by atoms with Crippen molar-refractivity contribution in [3.05, 3.63) is 58.6 Å². The maximum absolute atomic E-state index is 12.5. The van der Waals surface area contributed by atoms with Crippen molar-refractivity contribution in [2.75, 3.05) is 18.6 Å². The van der Waals surface area contributed by atoms with Crippen LogP contribution in [0.25, 0.3) is 0 Å². The number of sulfonamides is 1. The molecule has 2 aromatic rings. The molecule has 0 heterocycles. The number of methoxy groups -OCH3 is 1. The summed E-state index contributed by atoms with van der Waals surface area (Å²) in [5.74, 6) is -1.05. The molecule has 0 aromatic heterocycles. The van der Waals surface area contributed by atoms with E-state index in [0.717, 1.165) is 19.2 Å². The van der Waals surface area contributed by atoms with Gasteiger partial charge in [0, 0.05) is 6.07 Å². The molecule has 0 unspecified atom stereocenters. The topological polar surface area (TPSA) is 159 Å². The van der Waals surface area contributed by atoms with E-state index in [1.807, 2.05) is 0 Å². The first-order valence-corrected chi connectivity index (χ1v) is 9.09. The normalized spacial score (nSPS) is 10.8. The Morgan fingerprint density at radius 3 is 2.29 bits per heavy atom. The summed E-state index contributed by atoms with van der Waals surface area (Å²) in [5.41, 5.74) is -0.354. The van der Waals surface area contributed by atoms with Crippen LogP contribution < -0.4 is 14.8 Å². The monoisotopic (exact) mass is 409 g/mol. The Kier molecular flexibility index (Phi) is 6.28. The van der Waals surface area contributed by atoms with E-state index in [1.54, 1.807) is 0 Å². The molecule has 0 radical (unpaired) electrons. The van der Waals surface area contributed by atoms with Crippen molar-refractivity contribution in [2.45, 2.75) is 4.90 Å². The third kappa shape index (κ3) is 4.81. The van der Waals surface area contributed by atoms with Gasteiger partial charge in [0.1, 0.15) is 0 Å². The third-order valence-electron chi connectivity index (χ3n) is 3.44. The fourth-order valence-corrected chi connectivity index (χ4v) is 2.68. The molecule has 0 aliphatic carbocycles. The average molecular weight is 409 g/mol. The Bertz CT molecular complexity index is 1000. The number of imide groups is 1. The Balaban J connectivity index is 2.25. The van der Waals surface area contributed by atoms with Crippen molar-refractivity contribution in [3.63, 3.8) is 0 Å². The first kappa shape index (κ1) is 20.8. The van der Waals surface area contributed by atoms with Crippen LogP contribution in [0.4, 0.5) is 16.2 Å². The molecule has 12 heteroatoms. The van der Waals surface area contributed by atoms with Gasteiger partial charge >= 0.3 is 11.8 Å². The van der Waals surface area contributed by atoms with Gasteiger partial charge in [-0.2, -0.15) is 0 Å². The third-order valence-corrected chi connectivity index (χ3v) is 4.37. The molecule has 148 valence electrons. The van der Waals surface area contributed by atoms with E-state index in [0.29, 0.717) is 4.90 Å². The minimum absolute atomic E-state index is 0.00425. The lowest BCUT2D eigenvalue weighted by Gasteiger charge is -2.19. The number of primary sulfonamides is 1. The molecule has 28 heavy (non-hydrogen) atoms. The molecule has 2 amide bonds. The minimum atomic E-state index is -3.96. The summed E-state index contributed by atoms with van der Waals surface area (Å²) >= 11 is 0. The molecular weight excluding hydrogens is 394 g/mol. The second-order valence-electron chi connectivity index (χ2n) is 5.25. The van der Waals surface area contributed by atoms with Crippen LogP contribution >= 0.6 is 0 Å². The van der Waals surface area contributed by atoms with E-state index >= 15 is 0 Å². The molecule has 11 nitrogen and oxygen atoms in total. The zero-order valence-electron chi connectivity index (χ0n) is 14.5. The van der Waals surface area contributed by atoms with Crippen molar-refractivity contribution >= 4 is 33.4 Å². The summed E-state index contributed by atoms with van der Waals surface area (Å²) in [6, 6.07) is 9.99. The van der Waals surface area contributed by atoms with Crippen LogP contribution in [0.1, 0.15) is 0 Å². The maximum atomic E-state index is 12.5. The number of rotatable bonds is 6. The van der Waals surface area contributed by atoms with E-state index in [9.17, 15) is 28.1 Å². The van der Waals surface area contributed by atoms with Gasteiger partial charge in [-0.1, -0.05) is 12.1 Å². The van der Waals surface area contributed by atoms with Gasteiger partial charge in [-0.15, -0.1) is 0 Å². The number of para-hydroxylation sites is 2. The van der Waals surface area contributed by atoms with Crippen molar-refractivity contribution < 1.29 is 32.4 Å². The highest BCUT2D eigenvalue weighted by atomic mass is 32.2.